The summed E-state index contributed by atoms with van der Waals surface area (Å²) in [6.45, 7) is 0. The molecule has 1 N–H and O–H groups in total. The van der Waals surface area contributed by atoms with Gasteiger partial charge in [0.05, 0.1) is 12.1 Å². The highest BCUT2D eigenvalue weighted by molar-refractivity contribution is 6.30. The molecule has 20 heavy (non-hydrogen) atoms. The van der Waals surface area contributed by atoms with Crippen LogP contribution >= 0.6 is 11.6 Å². The van der Waals surface area contributed by atoms with E-state index < -0.39 is 17.7 Å². The molecule has 0 fully saturated rings. The van der Waals surface area contributed by atoms with E-state index in [2.05, 4.69) is 4.98 Å². The first-order valence-electron chi connectivity index (χ1n) is 6.11. The number of aliphatic carboxylic acids is 1. The minimum absolute atomic E-state index is 0.239. The lowest BCUT2D eigenvalue weighted by atomic mass is 9.93. The molecule has 2 rings (SSSR count). The molecule has 0 bridgehead atoms. The molecule has 0 saturated carbocycles. The Morgan fingerprint density at radius 2 is 1.85 bits per heavy atom. The normalized spacial score (nSPS) is 12.1. The molecule has 1 atom stereocenters. The summed E-state index contributed by atoms with van der Waals surface area (Å²) in [5.74, 6) is -2.00. The minimum Gasteiger partial charge on any atom is -0.481 e. The fourth-order valence-corrected chi connectivity index (χ4v) is 2.13. The molecule has 3 nitrogen and oxygen atoms in total. The minimum atomic E-state index is -0.913. The van der Waals surface area contributed by atoms with Gasteiger partial charge in [0, 0.05) is 11.2 Å². The lowest BCUT2D eigenvalue weighted by Crippen LogP contribution is -2.19. The van der Waals surface area contributed by atoms with Crippen molar-refractivity contribution in [3.8, 4) is 0 Å². The summed E-state index contributed by atoms with van der Waals surface area (Å²) < 4.78 is 13.1. The van der Waals surface area contributed by atoms with E-state index in [1.54, 1.807) is 24.3 Å². The third kappa shape index (κ3) is 4.03. The van der Waals surface area contributed by atoms with Gasteiger partial charge in [-0.25, -0.2) is 4.39 Å². The summed E-state index contributed by atoms with van der Waals surface area (Å²) in [7, 11) is 0. The van der Waals surface area contributed by atoms with Crippen LogP contribution in [0, 0.1) is 11.7 Å². The number of halogens is 2. The molecule has 0 aliphatic rings. The molecule has 1 heterocycles. The summed E-state index contributed by atoms with van der Waals surface area (Å²) in [6.07, 6.45) is 3.19. The third-order valence-corrected chi connectivity index (χ3v) is 3.24. The van der Waals surface area contributed by atoms with Gasteiger partial charge < -0.3 is 5.11 Å². The van der Waals surface area contributed by atoms with Crippen molar-refractivity contribution in [3.63, 3.8) is 0 Å². The fourth-order valence-electron chi connectivity index (χ4n) is 2.00. The van der Waals surface area contributed by atoms with Gasteiger partial charge in [-0.2, -0.15) is 0 Å². The first-order valence-corrected chi connectivity index (χ1v) is 6.49. The Labute approximate surface area is 121 Å². The molecule has 104 valence electrons. The third-order valence-electron chi connectivity index (χ3n) is 2.99. The van der Waals surface area contributed by atoms with Crippen molar-refractivity contribution >= 4 is 17.6 Å². The molecule has 0 spiro atoms. The molecular formula is C15H13ClFNO2. The smallest absolute Gasteiger partial charge is 0.307 e. The summed E-state index contributed by atoms with van der Waals surface area (Å²) in [5, 5.41) is 9.89. The number of pyridine rings is 1. The van der Waals surface area contributed by atoms with Gasteiger partial charge in [0.15, 0.2) is 0 Å². The van der Waals surface area contributed by atoms with Crippen LogP contribution in [0.15, 0.2) is 42.7 Å². The van der Waals surface area contributed by atoms with Crippen LogP contribution in [-0.2, 0) is 17.6 Å². The van der Waals surface area contributed by atoms with Gasteiger partial charge in [-0.05, 0) is 42.2 Å². The monoisotopic (exact) mass is 293 g/mol. The lowest BCUT2D eigenvalue weighted by Gasteiger charge is -2.12. The van der Waals surface area contributed by atoms with Gasteiger partial charge in [0.2, 0.25) is 0 Å². The van der Waals surface area contributed by atoms with Crippen LogP contribution < -0.4 is 0 Å². The Kier molecular flexibility index (Phi) is 4.69. The van der Waals surface area contributed by atoms with Crippen molar-refractivity contribution in [3.05, 3.63) is 64.7 Å². The average molecular weight is 294 g/mol. The number of carboxylic acid groups (broad SMARTS) is 1. The van der Waals surface area contributed by atoms with E-state index in [1.165, 1.54) is 12.3 Å². The van der Waals surface area contributed by atoms with Gasteiger partial charge in [-0.3, -0.25) is 9.78 Å². The highest BCUT2D eigenvalue weighted by Crippen LogP contribution is 2.17. The number of carboxylic acids is 1. The Balaban J connectivity index is 2.11. The van der Waals surface area contributed by atoms with E-state index in [0.29, 0.717) is 17.0 Å². The summed E-state index contributed by atoms with van der Waals surface area (Å²) in [5.41, 5.74) is 1.46. The average Bonchev–Trinajstić information content (AvgIpc) is 2.40. The number of hydrogen-bond acceptors (Lipinski definition) is 2. The van der Waals surface area contributed by atoms with Crippen molar-refractivity contribution in [2.75, 3.05) is 0 Å². The highest BCUT2D eigenvalue weighted by atomic mass is 35.5. The Bertz CT molecular complexity index is 601. The predicted molar refractivity (Wildman–Crippen MR) is 74.2 cm³/mol. The maximum Gasteiger partial charge on any atom is 0.307 e. The van der Waals surface area contributed by atoms with Gasteiger partial charge in [0.1, 0.15) is 5.82 Å². The predicted octanol–water partition coefficient (Wildman–Crippen LogP) is 3.36. The SMILES string of the molecule is O=C(O)C(Cc1ccc(Cl)cc1)Cc1cncc(F)c1. The molecular weight excluding hydrogens is 281 g/mol. The first kappa shape index (κ1) is 14.5. The Hall–Kier alpha value is -1.94. The maximum absolute atomic E-state index is 13.1. The molecule has 5 heteroatoms. The molecule has 1 aromatic heterocycles. The van der Waals surface area contributed by atoms with Crippen LogP contribution in [0.25, 0.3) is 0 Å². The largest absolute Gasteiger partial charge is 0.481 e. The van der Waals surface area contributed by atoms with E-state index in [4.69, 9.17) is 11.6 Å². The lowest BCUT2D eigenvalue weighted by molar-refractivity contribution is -0.141. The van der Waals surface area contributed by atoms with E-state index in [0.717, 1.165) is 11.8 Å². The molecule has 0 aliphatic heterocycles. The van der Waals surface area contributed by atoms with Gasteiger partial charge in [0.25, 0.3) is 0 Å². The van der Waals surface area contributed by atoms with Crippen LogP contribution in [-0.4, -0.2) is 16.1 Å². The number of rotatable bonds is 5. The standard InChI is InChI=1S/C15H13ClFNO2/c16-13-3-1-10(2-4-13)5-12(15(19)20)6-11-7-14(17)9-18-8-11/h1-4,7-9,12H,5-6H2,(H,19,20). The second-order valence-corrected chi connectivity index (χ2v) is 5.02. The number of hydrogen-bond donors (Lipinski definition) is 1. The molecule has 0 aliphatic carbocycles. The van der Waals surface area contributed by atoms with Crippen molar-refractivity contribution in [2.24, 2.45) is 5.92 Å². The van der Waals surface area contributed by atoms with Crippen molar-refractivity contribution in [1.29, 1.82) is 0 Å². The number of carbonyl (C=O) groups is 1. The number of nitrogens with zero attached hydrogens (tertiary/aromatic N) is 1. The van der Waals surface area contributed by atoms with Crippen LogP contribution in [0.5, 0.6) is 0 Å². The topological polar surface area (TPSA) is 50.2 Å². The highest BCUT2D eigenvalue weighted by Gasteiger charge is 2.19. The summed E-state index contributed by atoms with van der Waals surface area (Å²) >= 11 is 5.79. The van der Waals surface area contributed by atoms with E-state index in [1.807, 2.05) is 0 Å². The first-order chi connectivity index (χ1) is 9.54. The number of aromatic nitrogens is 1. The van der Waals surface area contributed by atoms with Gasteiger partial charge >= 0.3 is 5.97 Å². The fraction of sp³-hybridized carbons (Fsp3) is 0.200. The van der Waals surface area contributed by atoms with Crippen LogP contribution in [0.1, 0.15) is 11.1 Å². The molecule has 0 radical (unpaired) electrons. The second-order valence-electron chi connectivity index (χ2n) is 4.58. The second kappa shape index (κ2) is 6.48. The maximum atomic E-state index is 13.1. The zero-order valence-corrected chi connectivity index (χ0v) is 11.3. The summed E-state index contributed by atoms with van der Waals surface area (Å²) in [6, 6.07) is 8.34. The number of benzene rings is 1. The molecule has 0 saturated heterocycles. The Morgan fingerprint density at radius 3 is 2.45 bits per heavy atom. The zero-order valence-electron chi connectivity index (χ0n) is 10.6. The quantitative estimate of drug-likeness (QED) is 0.919. The zero-order chi connectivity index (χ0) is 14.5. The summed E-state index contributed by atoms with van der Waals surface area (Å²) in [4.78, 5) is 15.0. The van der Waals surface area contributed by atoms with Crippen molar-refractivity contribution < 1.29 is 14.3 Å². The molecule has 1 unspecified atom stereocenters. The molecule has 0 amide bonds. The van der Waals surface area contributed by atoms with Crippen LogP contribution in [0.2, 0.25) is 5.02 Å². The molecule has 1 aromatic carbocycles. The molecule has 2 aromatic rings. The van der Waals surface area contributed by atoms with Crippen LogP contribution in [0.4, 0.5) is 4.39 Å². The van der Waals surface area contributed by atoms with Gasteiger partial charge in [-0.1, -0.05) is 23.7 Å². The van der Waals surface area contributed by atoms with Crippen molar-refractivity contribution in [2.45, 2.75) is 12.8 Å². The van der Waals surface area contributed by atoms with E-state index in [-0.39, 0.29) is 6.42 Å². The van der Waals surface area contributed by atoms with Crippen molar-refractivity contribution in [1.82, 2.24) is 4.98 Å². The Morgan fingerprint density at radius 1 is 1.20 bits per heavy atom. The van der Waals surface area contributed by atoms with E-state index >= 15 is 0 Å². The van der Waals surface area contributed by atoms with Gasteiger partial charge in [-0.15, -0.1) is 0 Å². The van der Waals surface area contributed by atoms with E-state index in [9.17, 15) is 14.3 Å². The van der Waals surface area contributed by atoms with Crippen LogP contribution in [0.3, 0.4) is 0 Å².